The van der Waals surface area contributed by atoms with Crippen molar-refractivity contribution in [2.45, 2.75) is 18.9 Å². The molecule has 0 radical (unpaired) electrons. The van der Waals surface area contributed by atoms with Crippen LogP contribution >= 0.6 is 24.0 Å². The highest BCUT2D eigenvalue weighted by Crippen LogP contribution is 2.28. The highest BCUT2D eigenvalue weighted by Gasteiger charge is 2.25. The molecule has 1 atom stereocenters. The molecule has 1 saturated heterocycles. The van der Waals surface area contributed by atoms with Crippen molar-refractivity contribution < 1.29 is 4.74 Å². The van der Waals surface area contributed by atoms with Gasteiger partial charge in [0.15, 0.2) is 5.96 Å². The summed E-state index contributed by atoms with van der Waals surface area (Å²) in [6.45, 7) is 3.55. The minimum absolute atomic E-state index is 0. The van der Waals surface area contributed by atoms with Gasteiger partial charge in [-0.05, 0) is 24.1 Å². The third kappa shape index (κ3) is 5.07. The number of likely N-dealkylation sites (tertiary alicyclic amines) is 1. The van der Waals surface area contributed by atoms with Crippen LogP contribution in [0.1, 0.15) is 17.9 Å². The molecule has 1 unspecified atom stereocenters. The van der Waals surface area contributed by atoms with Gasteiger partial charge in [-0.2, -0.15) is 5.10 Å². The Balaban J connectivity index is 0.00000225. The van der Waals surface area contributed by atoms with Gasteiger partial charge in [0.05, 0.1) is 13.7 Å². The second kappa shape index (κ2) is 9.59. The number of guanidine groups is 1. The second-order valence-corrected chi connectivity index (χ2v) is 5.84. The van der Waals surface area contributed by atoms with E-state index in [1.54, 1.807) is 19.8 Å². The van der Waals surface area contributed by atoms with E-state index in [0.717, 1.165) is 44.3 Å². The van der Waals surface area contributed by atoms with Crippen LogP contribution in [0, 0.1) is 0 Å². The molecule has 1 fully saturated rings. The zero-order chi connectivity index (χ0) is 16.8. The Morgan fingerprint density at radius 3 is 2.80 bits per heavy atom. The van der Waals surface area contributed by atoms with Crippen molar-refractivity contribution in [2.75, 3.05) is 33.8 Å². The van der Waals surface area contributed by atoms with E-state index in [0.29, 0.717) is 5.92 Å². The quantitative estimate of drug-likeness (QED) is 0.424. The molecule has 0 aliphatic carbocycles. The van der Waals surface area contributed by atoms with E-state index in [-0.39, 0.29) is 24.0 Å². The number of rotatable bonds is 5. The van der Waals surface area contributed by atoms with Crippen LogP contribution in [0.2, 0.25) is 0 Å². The Labute approximate surface area is 165 Å². The van der Waals surface area contributed by atoms with Crippen molar-refractivity contribution in [1.29, 1.82) is 0 Å². The third-order valence-electron chi connectivity index (χ3n) is 4.38. The normalized spacial score (nSPS) is 17.3. The van der Waals surface area contributed by atoms with Gasteiger partial charge in [-0.3, -0.25) is 9.67 Å². The van der Waals surface area contributed by atoms with Crippen molar-refractivity contribution in [3.8, 4) is 5.75 Å². The predicted molar refractivity (Wildman–Crippen MR) is 109 cm³/mol. The van der Waals surface area contributed by atoms with Crippen molar-refractivity contribution >= 4 is 29.9 Å². The van der Waals surface area contributed by atoms with Gasteiger partial charge < -0.3 is 15.0 Å². The zero-order valence-electron chi connectivity index (χ0n) is 14.6. The average molecular weight is 456 g/mol. The van der Waals surface area contributed by atoms with Crippen molar-refractivity contribution in [2.24, 2.45) is 4.99 Å². The lowest BCUT2D eigenvalue weighted by Crippen LogP contribution is -2.41. The van der Waals surface area contributed by atoms with Crippen LogP contribution in [0.5, 0.6) is 5.75 Å². The topological polar surface area (TPSA) is 67.6 Å². The predicted octanol–water partition coefficient (Wildman–Crippen LogP) is 1.97. The van der Waals surface area contributed by atoms with Gasteiger partial charge in [0.25, 0.3) is 0 Å². The maximum atomic E-state index is 5.23. The molecule has 2 heterocycles. The molecule has 25 heavy (non-hydrogen) atoms. The second-order valence-electron chi connectivity index (χ2n) is 5.84. The molecule has 0 spiro atoms. The molecule has 8 heteroatoms. The van der Waals surface area contributed by atoms with Crippen LogP contribution in [0.25, 0.3) is 0 Å². The number of nitrogens with one attached hydrogen (secondary N) is 1. The maximum absolute atomic E-state index is 5.23. The molecule has 3 rings (SSSR count). The SMILES string of the molecule is CN=C(NCCn1cncn1)N1CCC(c2ccc(OC)cc2)C1.I. The van der Waals surface area contributed by atoms with Crippen LogP contribution in [-0.2, 0) is 6.54 Å². The Morgan fingerprint density at radius 1 is 1.36 bits per heavy atom. The summed E-state index contributed by atoms with van der Waals surface area (Å²) >= 11 is 0. The van der Waals surface area contributed by atoms with Crippen molar-refractivity contribution in [1.82, 2.24) is 25.0 Å². The number of methoxy groups -OCH3 is 1. The first-order valence-corrected chi connectivity index (χ1v) is 8.22. The van der Waals surface area contributed by atoms with Gasteiger partial charge in [0.2, 0.25) is 0 Å². The van der Waals surface area contributed by atoms with E-state index >= 15 is 0 Å². The van der Waals surface area contributed by atoms with Crippen LogP contribution in [-0.4, -0.2) is 59.4 Å². The zero-order valence-corrected chi connectivity index (χ0v) is 17.0. The molecule has 1 aromatic carbocycles. The Morgan fingerprint density at radius 2 is 2.16 bits per heavy atom. The Kier molecular flexibility index (Phi) is 7.48. The van der Waals surface area contributed by atoms with E-state index in [4.69, 9.17) is 4.74 Å². The van der Waals surface area contributed by atoms with Gasteiger partial charge in [0, 0.05) is 32.6 Å². The molecule has 1 N–H and O–H groups in total. The standard InChI is InChI=1S/C17H24N6O.HI/c1-18-17(20-8-10-23-13-19-12-21-23)22-9-7-15(11-22)14-3-5-16(24-2)6-4-14;/h3-6,12-13,15H,7-11H2,1-2H3,(H,18,20);1H. The number of benzene rings is 1. The number of hydrogen-bond donors (Lipinski definition) is 1. The van der Waals surface area contributed by atoms with Crippen molar-refractivity contribution in [3.05, 3.63) is 42.5 Å². The summed E-state index contributed by atoms with van der Waals surface area (Å²) in [6.07, 6.45) is 4.41. The first-order chi connectivity index (χ1) is 11.8. The van der Waals surface area contributed by atoms with E-state index < -0.39 is 0 Å². The molecule has 7 nitrogen and oxygen atoms in total. The van der Waals surface area contributed by atoms with Gasteiger partial charge in [0.1, 0.15) is 18.4 Å². The number of aliphatic imine (C=N–C) groups is 1. The minimum atomic E-state index is 0. The van der Waals surface area contributed by atoms with Gasteiger partial charge in [-0.25, -0.2) is 4.98 Å². The summed E-state index contributed by atoms with van der Waals surface area (Å²) < 4.78 is 7.04. The molecule has 2 aromatic rings. The average Bonchev–Trinajstić information content (AvgIpc) is 3.31. The number of aromatic nitrogens is 3. The summed E-state index contributed by atoms with van der Waals surface area (Å²) in [7, 11) is 3.53. The van der Waals surface area contributed by atoms with Crippen molar-refractivity contribution in [3.63, 3.8) is 0 Å². The Bertz CT molecular complexity index is 658. The highest BCUT2D eigenvalue weighted by atomic mass is 127. The van der Waals surface area contributed by atoms with Gasteiger partial charge >= 0.3 is 0 Å². The molecule has 1 aromatic heterocycles. The first-order valence-electron chi connectivity index (χ1n) is 8.22. The number of halogens is 1. The van der Waals surface area contributed by atoms with E-state index in [1.165, 1.54) is 5.56 Å². The lowest BCUT2D eigenvalue weighted by molar-refractivity contribution is 0.414. The Hall–Kier alpha value is -1.84. The summed E-state index contributed by atoms with van der Waals surface area (Å²) in [5, 5.41) is 7.51. The minimum Gasteiger partial charge on any atom is -0.497 e. The fourth-order valence-electron chi connectivity index (χ4n) is 3.06. The van der Waals surface area contributed by atoms with Crippen LogP contribution in [0.4, 0.5) is 0 Å². The van der Waals surface area contributed by atoms with E-state index in [1.807, 2.05) is 23.9 Å². The number of nitrogens with zero attached hydrogens (tertiary/aromatic N) is 5. The molecule has 1 aliphatic rings. The van der Waals surface area contributed by atoms with Crippen LogP contribution in [0.15, 0.2) is 41.9 Å². The molecular weight excluding hydrogens is 431 g/mol. The molecular formula is C17H25IN6O. The van der Waals surface area contributed by atoms with E-state index in [2.05, 4.69) is 37.4 Å². The lowest BCUT2D eigenvalue weighted by atomic mass is 9.98. The fraction of sp³-hybridized carbons (Fsp3) is 0.471. The summed E-state index contributed by atoms with van der Waals surface area (Å²) in [4.78, 5) is 10.7. The van der Waals surface area contributed by atoms with Crippen LogP contribution < -0.4 is 10.1 Å². The fourth-order valence-corrected chi connectivity index (χ4v) is 3.06. The maximum Gasteiger partial charge on any atom is 0.193 e. The van der Waals surface area contributed by atoms with E-state index in [9.17, 15) is 0 Å². The van der Waals surface area contributed by atoms with Crippen LogP contribution in [0.3, 0.4) is 0 Å². The molecule has 0 bridgehead atoms. The smallest absolute Gasteiger partial charge is 0.193 e. The van der Waals surface area contributed by atoms with Gasteiger partial charge in [-0.15, -0.1) is 24.0 Å². The largest absolute Gasteiger partial charge is 0.497 e. The van der Waals surface area contributed by atoms with Gasteiger partial charge in [-0.1, -0.05) is 12.1 Å². The highest BCUT2D eigenvalue weighted by molar-refractivity contribution is 14.0. The summed E-state index contributed by atoms with van der Waals surface area (Å²) in [5.74, 6) is 2.38. The lowest BCUT2D eigenvalue weighted by Gasteiger charge is -2.21. The molecule has 1 aliphatic heterocycles. The first kappa shape index (κ1) is 19.5. The summed E-state index contributed by atoms with van der Waals surface area (Å²) in [5.41, 5.74) is 1.36. The summed E-state index contributed by atoms with van der Waals surface area (Å²) in [6, 6.07) is 8.38. The monoisotopic (exact) mass is 456 g/mol. The molecule has 0 saturated carbocycles. The number of hydrogen-bond acceptors (Lipinski definition) is 4. The third-order valence-corrected chi connectivity index (χ3v) is 4.38. The molecule has 136 valence electrons. The molecule has 0 amide bonds. The number of ether oxygens (including phenoxy) is 1.